The van der Waals surface area contributed by atoms with Gasteiger partial charge in [0.25, 0.3) is 0 Å². The zero-order valence-corrected chi connectivity index (χ0v) is 9.13. The van der Waals surface area contributed by atoms with Crippen LogP contribution < -0.4 is 0 Å². The molecule has 0 amide bonds. The maximum atomic E-state index is 13.1. The first-order valence-electron chi connectivity index (χ1n) is 5.56. The summed E-state index contributed by atoms with van der Waals surface area (Å²) in [7, 11) is 0. The third kappa shape index (κ3) is 1.62. The van der Waals surface area contributed by atoms with Gasteiger partial charge in [0.05, 0.1) is 5.69 Å². The van der Waals surface area contributed by atoms with E-state index in [1.807, 2.05) is 6.07 Å². The Morgan fingerprint density at radius 3 is 2.81 bits per heavy atom. The predicted octanol–water partition coefficient (Wildman–Crippen LogP) is 3.40. The Morgan fingerprint density at radius 2 is 2.12 bits per heavy atom. The monoisotopic (exact) mass is 216 g/mol. The van der Waals surface area contributed by atoms with Crippen molar-refractivity contribution in [1.29, 1.82) is 0 Å². The average molecular weight is 216 g/mol. The Balaban J connectivity index is 1.97. The van der Waals surface area contributed by atoms with E-state index in [1.165, 1.54) is 24.6 Å². The maximum Gasteiger partial charge on any atom is 0.126 e. The van der Waals surface area contributed by atoms with Crippen LogP contribution in [0.4, 0.5) is 4.39 Å². The summed E-state index contributed by atoms with van der Waals surface area (Å²) in [4.78, 5) is 0. The van der Waals surface area contributed by atoms with E-state index < -0.39 is 0 Å². The fourth-order valence-electron chi connectivity index (χ4n) is 1.89. The Bertz CT molecular complexity index is 526. The Morgan fingerprint density at radius 1 is 1.31 bits per heavy atom. The minimum Gasteiger partial charge on any atom is -0.282 e. The third-order valence-electron chi connectivity index (χ3n) is 3.07. The van der Waals surface area contributed by atoms with Crippen molar-refractivity contribution in [3.8, 4) is 11.3 Å². The Labute approximate surface area is 93.5 Å². The smallest absolute Gasteiger partial charge is 0.126 e. The lowest BCUT2D eigenvalue weighted by atomic mass is 10.1. The normalized spacial score (nSPS) is 15.4. The van der Waals surface area contributed by atoms with Gasteiger partial charge in [-0.1, -0.05) is 0 Å². The fraction of sp³-hybridized carbons (Fsp3) is 0.308. The number of aryl methyl sites for hydroxylation is 1. The molecule has 1 aliphatic rings. The lowest BCUT2D eigenvalue weighted by Crippen LogP contribution is -1.84. The number of aromatic amines is 1. The van der Waals surface area contributed by atoms with Crippen molar-refractivity contribution in [3.63, 3.8) is 0 Å². The standard InChI is InChI=1S/C13H13FN2/c1-8-6-10(4-5-11(8)14)13-7-12(15-16-13)9-2-3-9/h4-7,9H,2-3H2,1H3,(H,15,16). The number of halogens is 1. The van der Waals surface area contributed by atoms with Crippen LogP contribution in [-0.4, -0.2) is 10.2 Å². The van der Waals surface area contributed by atoms with E-state index >= 15 is 0 Å². The van der Waals surface area contributed by atoms with Crippen molar-refractivity contribution in [2.24, 2.45) is 0 Å². The molecule has 3 rings (SSSR count). The van der Waals surface area contributed by atoms with E-state index in [2.05, 4.69) is 16.3 Å². The van der Waals surface area contributed by atoms with Crippen LogP contribution in [0.1, 0.15) is 30.0 Å². The molecule has 0 spiro atoms. The summed E-state index contributed by atoms with van der Waals surface area (Å²) in [6.45, 7) is 1.77. The molecule has 1 aliphatic carbocycles. The topological polar surface area (TPSA) is 28.7 Å². The van der Waals surface area contributed by atoms with Gasteiger partial charge in [0.15, 0.2) is 0 Å². The number of hydrogen-bond donors (Lipinski definition) is 1. The number of benzene rings is 1. The van der Waals surface area contributed by atoms with Gasteiger partial charge in [-0.15, -0.1) is 0 Å². The highest BCUT2D eigenvalue weighted by atomic mass is 19.1. The third-order valence-corrected chi connectivity index (χ3v) is 3.07. The molecule has 1 N–H and O–H groups in total. The van der Waals surface area contributed by atoms with Gasteiger partial charge in [0.1, 0.15) is 5.82 Å². The van der Waals surface area contributed by atoms with Crippen LogP contribution >= 0.6 is 0 Å². The summed E-state index contributed by atoms with van der Waals surface area (Å²) in [5, 5.41) is 7.33. The first-order chi connectivity index (χ1) is 7.74. The number of nitrogens with zero attached hydrogens (tertiary/aromatic N) is 1. The molecule has 0 radical (unpaired) electrons. The van der Waals surface area contributed by atoms with Crippen LogP contribution in [0.5, 0.6) is 0 Å². The van der Waals surface area contributed by atoms with E-state index in [-0.39, 0.29) is 5.82 Å². The molecule has 0 aliphatic heterocycles. The largest absolute Gasteiger partial charge is 0.282 e. The fourth-order valence-corrected chi connectivity index (χ4v) is 1.89. The van der Waals surface area contributed by atoms with Crippen molar-refractivity contribution < 1.29 is 4.39 Å². The first kappa shape index (κ1) is 9.58. The van der Waals surface area contributed by atoms with Gasteiger partial charge in [-0.05, 0) is 49.6 Å². The van der Waals surface area contributed by atoms with Crippen LogP contribution in [0.3, 0.4) is 0 Å². The molecular weight excluding hydrogens is 203 g/mol. The summed E-state index contributed by atoms with van der Waals surface area (Å²) < 4.78 is 13.1. The van der Waals surface area contributed by atoms with E-state index in [1.54, 1.807) is 13.0 Å². The molecule has 0 saturated heterocycles. The summed E-state index contributed by atoms with van der Waals surface area (Å²) in [5.74, 6) is 0.504. The summed E-state index contributed by atoms with van der Waals surface area (Å²) in [6.07, 6.45) is 2.51. The molecule has 1 aromatic heterocycles. The van der Waals surface area contributed by atoms with Gasteiger partial charge >= 0.3 is 0 Å². The SMILES string of the molecule is Cc1cc(-c2cc(C3CC3)[nH]n2)ccc1F. The highest BCUT2D eigenvalue weighted by Crippen LogP contribution is 2.39. The molecular formula is C13H13FN2. The first-order valence-corrected chi connectivity index (χ1v) is 5.56. The van der Waals surface area contributed by atoms with Crippen LogP contribution in [0.2, 0.25) is 0 Å². The van der Waals surface area contributed by atoms with Crippen LogP contribution in [0, 0.1) is 12.7 Å². The summed E-state index contributed by atoms with van der Waals surface area (Å²) in [5.41, 5.74) is 3.75. The maximum absolute atomic E-state index is 13.1. The molecule has 2 aromatic rings. The van der Waals surface area contributed by atoms with E-state index in [0.717, 1.165) is 11.3 Å². The minimum absolute atomic E-state index is 0.165. The zero-order valence-electron chi connectivity index (χ0n) is 9.13. The van der Waals surface area contributed by atoms with E-state index in [4.69, 9.17) is 0 Å². The van der Waals surface area contributed by atoms with Crippen molar-refractivity contribution in [3.05, 3.63) is 41.3 Å². The Hall–Kier alpha value is -1.64. The van der Waals surface area contributed by atoms with Gasteiger partial charge in [0, 0.05) is 17.2 Å². The number of hydrogen-bond acceptors (Lipinski definition) is 1. The van der Waals surface area contributed by atoms with E-state index in [0.29, 0.717) is 11.5 Å². The second-order valence-electron chi connectivity index (χ2n) is 4.45. The molecule has 0 atom stereocenters. The Kier molecular flexibility index (Phi) is 2.06. The van der Waals surface area contributed by atoms with E-state index in [9.17, 15) is 4.39 Å². The lowest BCUT2D eigenvalue weighted by Gasteiger charge is -1.99. The second-order valence-corrected chi connectivity index (χ2v) is 4.45. The molecule has 1 heterocycles. The average Bonchev–Trinajstić information content (AvgIpc) is 3.01. The molecule has 1 saturated carbocycles. The number of aromatic nitrogens is 2. The molecule has 82 valence electrons. The molecule has 3 heteroatoms. The van der Waals surface area contributed by atoms with Gasteiger partial charge < -0.3 is 0 Å². The number of nitrogens with one attached hydrogen (secondary N) is 1. The molecule has 16 heavy (non-hydrogen) atoms. The van der Waals surface area contributed by atoms with Gasteiger partial charge in [-0.25, -0.2) is 4.39 Å². The summed E-state index contributed by atoms with van der Waals surface area (Å²) >= 11 is 0. The molecule has 0 unspecified atom stereocenters. The van der Waals surface area contributed by atoms with Gasteiger partial charge in [-0.2, -0.15) is 5.10 Å². The minimum atomic E-state index is -0.165. The highest BCUT2D eigenvalue weighted by Gasteiger charge is 2.25. The van der Waals surface area contributed by atoms with Gasteiger partial charge in [0.2, 0.25) is 0 Å². The van der Waals surface area contributed by atoms with Crippen molar-refractivity contribution in [1.82, 2.24) is 10.2 Å². The van der Waals surface area contributed by atoms with Crippen LogP contribution in [0.25, 0.3) is 11.3 Å². The van der Waals surface area contributed by atoms with Crippen molar-refractivity contribution in [2.45, 2.75) is 25.7 Å². The molecule has 0 bridgehead atoms. The molecule has 1 fully saturated rings. The highest BCUT2D eigenvalue weighted by molar-refractivity contribution is 5.60. The van der Waals surface area contributed by atoms with Crippen LogP contribution in [-0.2, 0) is 0 Å². The lowest BCUT2D eigenvalue weighted by molar-refractivity contribution is 0.619. The van der Waals surface area contributed by atoms with Crippen molar-refractivity contribution >= 4 is 0 Å². The van der Waals surface area contributed by atoms with Crippen LogP contribution in [0.15, 0.2) is 24.3 Å². The zero-order chi connectivity index (χ0) is 11.1. The van der Waals surface area contributed by atoms with Crippen molar-refractivity contribution in [2.75, 3.05) is 0 Å². The number of rotatable bonds is 2. The molecule has 2 nitrogen and oxygen atoms in total. The predicted molar refractivity (Wildman–Crippen MR) is 60.7 cm³/mol. The van der Waals surface area contributed by atoms with Gasteiger partial charge in [-0.3, -0.25) is 5.10 Å². The summed E-state index contributed by atoms with van der Waals surface area (Å²) in [6, 6.07) is 7.18. The molecule has 1 aromatic carbocycles. The number of H-pyrrole nitrogens is 1. The quantitative estimate of drug-likeness (QED) is 0.818. The second kappa shape index (κ2) is 3.44.